The molecule has 23 heavy (non-hydrogen) atoms. The van der Waals surface area contributed by atoms with Crippen molar-refractivity contribution < 1.29 is 18.8 Å². The van der Waals surface area contributed by atoms with E-state index in [0.717, 1.165) is 25.8 Å². The van der Waals surface area contributed by atoms with Gasteiger partial charge in [-0.25, -0.2) is 0 Å². The Morgan fingerprint density at radius 2 is 2.13 bits per heavy atom. The Morgan fingerprint density at radius 3 is 2.91 bits per heavy atom. The van der Waals surface area contributed by atoms with Crippen molar-refractivity contribution in [3.05, 3.63) is 11.7 Å². The third kappa shape index (κ3) is 4.07. The van der Waals surface area contributed by atoms with Gasteiger partial charge in [0.25, 0.3) is 0 Å². The van der Waals surface area contributed by atoms with Crippen LogP contribution >= 0.6 is 0 Å². The minimum Gasteiger partial charge on any atom is -0.378 e. The Kier molecular flexibility index (Phi) is 5.58. The molecule has 3 heterocycles. The molecule has 2 aliphatic rings. The zero-order valence-electron chi connectivity index (χ0n) is 13.6. The lowest BCUT2D eigenvalue weighted by Gasteiger charge is -2.38. The first-order valence-corrected chi connectivity index (χ1v) is 8.19. The van der Waals surface area contributed by atoms with Gasteiger partial charge in [-0.05, 0) is 19.4 Å². The minimum atomic E-state index is -0.0976. The Balaban J connectivity index is 1.64. The number of carbonyl (C=O) groups is 1. The summed E-state index contributed by atoms with van der Waals surface area (Å²) in [6.45, 7) is 4.34. The van der Waals surface area contributed by atoms with Gasteiger partial charge in [0.1, 0.15) is 6.61 Å². The number of nitrogens with zero attached hydrogens (tertiary/aromatic N) is 4. The number of amides is 1. The maximum Gasteiger partial charge on any atom is 0.240 e. The van der Waals surface area contributed by atoms with Crippen LogP contribution in [0, 0.1) is 0 Å². The molecule has 1 atom stereocenters. The Labute approximate surface area is 135 Å². The molecule has 0 spiro atoms. The molecule has 2 saturated heterocycles. The van der Waals surface area contributed by atoms with E-state index >= 15 is 0 Å². The van der Waals surface area contributed by atoms with Crippen molar-refractivity contribution in [2.75, 3.05) is 40.0 Å². The molecule has 0 aliphatic carbocycles. The molecule has 3 rings (SSSR count). The number of rotatable bonds is 5. The minimum absolute atomic E-state index is 0.0976. The van der Waals surface area contributed by atoms with Crippen LogP contribution in [0.25, 0.3) is 0 Å². The predicted octanol–water partition coefficient (Wildman–Crippen LogP) is 0.429. The van der Waals surface area contributed by atoms with Crippen molar-refractivity contribution >= 4 is 5.91 Å². The van der Waals surface area contributed by atoms with Gasteiger partial charge in [0, 0.05) is 20.2 Å². The number of ether oxygens (including phenoxy) is 2. The standard InChI is InChI=1S/C15H24N4O4/c1-21-11-13-16-14(23-17-13)10-19-5-3-2-4-12(19)15(20)18-6-8-22-9-7-18/h12H,2-11H2,1H3/t12-/m1/s1. The summed E-state index contributed by atoms with van der Waals surface area (Å²) >= 11 is 0. The van der Waals surface area contributed by atoms with Crippen LogP contribution < -0.4 is 0 Å². The summed E-state index contributed by atoms with van der Waals surface area (Å²) in [4.78, 5) is 21.2. The van der Waals surface area contributed by atoms with Gasteiger partial charge < -0.3 is 18.9 Å². The molecule has 128 valence electrons. The van der Waals surface area contributed by atoms with Crippen molar-refractivity contribution in [2.24, 2.45) is 0 Å². The third-order valence-corrected chi connectivity index (χ3v) is 4.34. The number of aromatic nitrogens is 2. The Morgan fingerprint density at radius 1 is 1.30 bits per heavy atom. The average Bonchev–Trinajstić information content (AvgIpc) is 3.03. The molecule has 8 nitrogen and oxygen atoms in total. The fourth-order valence-electron chi connectivity index (χ4n) is 3.17. The van der Waals surface area contributed by atoms with Gasteiger partial charge in [0.05, 0.1) is 25.8 Å². The Hall–Kier alpha value is -1.51. The number of morpholine rings is 1. The first kappa shape index (κ1) is 16.4. The first-order valence-electron chi connectivity index (χ1n) is 8.19. The van der Waals surface area contributed by atoms with Crippen LogP contribution in [0.5, 0.6) is 0 Å². The van der Waals surface area contributed by atoms with Gasteiger partial charge in [-0.3, -0.25) is 9.69 Å². The fraction of sp³-hybridized carbons (Fsp3) is 0.800. The second-order valence-electron chi connectivity index (χ2n) is 5.96. The van der Waals surface area contributed by atoms with E-state index in [9.17, 15) is 4.79 Å². The van der Waals surface area contributed by atoms with Crippen molar-refractivity contribution in [1.29, 1.82) is 0 Å². The van der Waals surface area contributed by atoms with Crippen LogP contribution in [0.15, 0.2) is 4.52 Å². The second-order valence-corrected chi connectivity index (χ2v) is 5.96. The van der Waals surface area contributed by atoms with E-state index in [1.165, 1.54) is 0 Å². The van der Waals surface area contributed by atoms with Gasteiger partial charge in [-0.1, -0.05) is 11.6 Å². The molecule has 0 radical (unpaired) electrons. The number of hydrogen-bond donors (Lipinski definition) is 0. The fourth-order valence-corrected chi connectivity index (χ4v) is 3.17. The molecule has 1 aromatic heterocycles. The Bertz CT molecular complexity index is 515. The lowest BCUT2D eigenvalue weighted by molar-refractivity contribution is -0.142. The number of hydrogen-bond acceptors (Lipinski definition) is 7. The van der Waals surface area contributed by atoms with Crippen LogP contribution in [0.4, 0.5) is 0 Å². The quantitative estimate of drug-likeness (QED) is 0.777. The van der Waals surface area contributed by atoms with Crippen LogP contribution in [0.2, 0.25) is 0 Å². The highest BCUT2D eigenvalue weighted by molar-refractivity contribution is 5.82. The summed E-state index contributed by atoms with van der Waals surface area (Å²) in [5.41, 5.74) is 0. The number of piperidine rings is 1. The van der Waals surface area contributed by atoms with Crippen molar-refractivity contribution in [3.8, 4) is 0 Å². The average molecular weight is 324 g/mol. The molecule has 2 fully saturated rings. The van der Waals surface area contributed by atoms with Gasteiger partial charge in [0.15, 0.2) is 5.82 Å². The molecular formula is C15H24N4O4. The van der Waals surface area contributed by atoms with Crippen LogP contribution in [0.1, 0.15) is 31.0 Å². The van der Waals surface area contributed by atoms with E-state index in [4.69, 9.17) is 14.0 Å². The van der Waals surface area contributed by atoms with E-state index < -0.39 is 0 Å². The zero-order chi connectivity index (χ0) is 16.1. The highest BCUT2D eigenvalue weighted by Gasteiger charge is 2.33. The number of carbonyl (C=O) groups excluding carboxylic acids is 1. The molecule has 1 aromatic rings. The smallest absolute Gasteiger partial charge is 0.240 e. The number of methoxy groups -OCH3 is 1. The van der Waals surface area contributed by atoms with Gasteiger partial charge in [-0.15, -0.1) is 0 Å². The summed E-state index contributed by atoms with van der Waals surface area (Å²) < 4.78 is 15.6. The number of likely N-dealkylation sites (tertiary alicyclic amines) is 1. The molecule has 1 amide bonds. The van der Waals surface area contributed by atoms with E-state index in [1.807, 2.05) is 4.90 Å². The van der Waals surface area contributed by atoms with Gasteiger partial charge in [0.2, 0.25) is 11.8 Å². The third-order valence-electron chi connectivity index (χ3n) is 4.34. The highest BCUT2D eigenvalue weighted by Crippen LogP contribution is 2.21. The van der Waals surface area contributed by atoms with E-state index in [-0.39, 0.29) is 11.9 Å². The maximum absolute atomic E-state index is 12.8. The van der Waals surface area contributed by atoms with E-state index in [1.54, 1.807) is 7.11 Å². The second kappa shape index (κ2) is 7.85. The van der Waals surface area contributed by atoms with Crippen LogP contribution in [0.3, 0.4) is 0 Å². The molecule has 0 N–H and O–H groups in total. The SMILES string of the molecule is COCc1noc(CN2CCCC[C@@H]2C(=O)N2CCOCC2)n1. The van der Waals surface area contributed by atoms with Gasteiger partial charge in [-0.2, -0.15) is 4.98 Å². The molecule has 8 heteroatoms. The molecule has 0 aromatic carbocycles. The largest absolute Gasteiger partial charge is 0.378 e. The summed E-state index contributed by atoms with van der Waals surface area (Å²) in [7, 11) is 1.59. The summed E-state index contributed by atoms with van der Waals surface area (Å²) in [5, 5.41) is 3.88. The van der Waals surface area contributed by atoms with Gasteiger partial charge >= 0.3 is 0 Å². The van der Waals surface area contributed by atoms with E-state index in [0.29, 0.717) is 51.2 Å². The van der Waals surface area contributed by atoms with Crippen molar-refractivity contribution in [3.63, 3.8) is 0 Å². The van der Waals surface area contributed by atoms with Crippen molar-refractivity contribution in [2.45, 2.75) is 38.5 Å². The molecular weight excluding hydrogens is 300 g/mol. The lowest BCUT2D eigenvalue weighted by Crippen LogP contribution is -2.53. The van der Waals surface area contributed by atoms with Crippen LogP contribution in [-0.4, -0.2) is 71.8 Å². The van der Waals surface area contributed by atoms with Crippen LogP contribution in [-0.2, 0) is 27.4 Å². The molecule has 0 saturated carbocycles. The summed E-state index contributed by atoms with van der Waals surface area (Å²) in [6, 6.07) is -0.0976. The molecule has 0 bridgehead atoms. The highest BCUT2D eigenvalue weighted by atomic mass is 16.5. The first-order chi connectivity index (χ1) is 11.3. The van der Waals surface area contributed by atoms with E-state index in [2.05, 4.69) is 15.0 Å². The summed E-state index contributed by atoms with van der Waals surface area (Å²) in [6.07, 6.45) is 3.05. The predicted molar refractivity (Wildman–Crippen MR) is 80.5 cm³/mol. The normalized spacial score (nSPS) is 23.2. The maximum atomic E-state index is 12.8. The van der Waals surface area contributed by atoms with Crippen molar-refractivity contribution in [1.82, 2.24) is 19.9 Å². The monoisotopic (exact) mass is 324 g/mol. The lowest BCUT2D eigenvalue weighted by atomic mass is 10.0. The topological polar surface area (TPSA) is 80.9 Å². The molecule has 2 aliphatic heterocycles. The zero-order valence-corrected chi connectivity index (χ0v) is 13.6. The summed E-state index contributed by atoms with van der Waals surface area (Å²) in [5.74, 6) is 1.28. The molecule has 0 unspecified atom stereocenters.